The fraction of sp³-hybridized carbons (Fsp3) is 0.857. The van der Waals surface area contributed by atoms with Crippen molar-refractivity contribution in [3.63, 3.8) is 0 Å². The van der Waals surface area contributed by atoms with Crippen molar-refractivity contribution in [2.75, 3.05) is 26.8 Å². The van der Waals surface area contributed by atoms with Gasteiger partial charge in [-0.3, -0.25) is 0 Å². The van der Waals surface area contributed by atoms with Crippen LogP contribution in [0.4, 0.5) is 0 Å². The first-order chi connectivity index (χ1) is 5.34. The van der Waals surface area contributed by atoms with Gasteiger partial charge in [0.2, 0.25) is 0 Å². The minimum absolute atomic E-state index is 0. The molecule has 0 saturated carbocycles. The predicted molar refractivity (Wildman–Crippen MR) is 46.5 cm³/mol. The number of carbonyl (C=O) groups excluding carboxylic acids is 1. The molecule has 1 atom stereocenters. The lowest BCUT2D eigenvalue weighted by molar-refractivity contribution is -0.153. The van der Waals surface area contributed by atoms with Gasteiger partial charge in [0, 0.05) is 13.2 Å². The summed E-state index contributed by atoms with van der Waals surface area (Å²) >= 11 is 0. The van der Waals surface area contributed by atoms with E-state index in [1.54, 1.807) is 0 Å². The van der Waals surface area contributed by atoms with Crippen LogP contribution in [0.25, 0.3) is 0 Å². The van der Waals surface area contributed by atoms with Crippen LogP contribution >= 0.6 is 12.4 Å². The molecule has 1 rings (SSSR count). The summed E-state index contributed by atoms with van der Waals surface area (Å²) in [5.41, 5.74) is 0. The van der Waals surface area contributed by atoms with Gasteiger partial charge in [0.1, 0.15) is 0 Å². The first-order valence-corrected chi connectivity index (χ1v) is 3.74. The zero-order valence-electron chi connectivity index (χ0n) is 7.04. The molecular weight excluding hydrogens is 182 g/mol. The van der Waals surface area contributed by atoms with Gasteiger partial charge in [0.25, 0.3) is 0 Å². The number of nitrogens with one attached hydrogen (secondary N) is 1. The molecule has 0 aromatic heterocycles. The molecule has 1 fully saturated rings. The Morgan fingerprint density at radius 2 is 2.42 bits per heavy atom. The first kappa shape index (κ1) is 11.7. The highest BCUT2D eigenvalue weighted by atomic mass is 35.5. The molecule has 0 amide bonds. The van der Waals surface area contributed by atoms with Gasteiger partial charge in [0.15, 0.2) is 6.10 Å². The normalized spacial score (nSPS) is 23.6. The quantitative estimate of drug-likeness (QED) is 0.597. The minimum atomic E-state index is -0.414. The Labute approximate surface area is 78.0 Å². The van der Waals surface area contributed by atoms with E-state index in [0.29, 0.717) is 13.2 Å². The summed E-state index contributed by atoms with van der Waals surface area (Å²) in [5, 5.41) is 3.09. The van der Waals surface area contributed by atoms with E-state index in [1.807, 2.05) is 0 Å². The molecule has 72 valence electrons. The summed E-state index contributed by atoms with van der Waals surface area (Å²) in [7, 11) is 1.37. The summed E-state index contributed by atoms with van der Waals surface area (Å²) in [4.78, 5) is 10.9. The average molecular weight is 196 g/mol. The molecule has 0 aromatic rings. The fourth-order valence-electron chi connectivity index (χ4n) is 0.998. The topological polar surface area (TPSA) is 47.6 Å². The van der Waals surface area contributed by atoms with Crippen LogP contribution in [-0.4, -0.2) is 38.9 Å². The maximum absolute atomic E-state index is 10.9. The van der Waals surface area contributed by atoms with Gasteiger partial charge >= 0.3 is 5.97 Å². The van der Waals surface area contributed by atoms with E-state index in [-0.39, 0.29) is 18.4 Å². The molecule has 0 bridgehead atoms. The second-order valence-corrected chi connectivity index (χ2v) is 2.44. The largest absolute Gasteiger partial charge is 0.467 e. The van der Waals surface area contributed by atoms with Crippen LogP contribution in [0.15, 0.2) is 0 Å². The van der Waals surface area contributed by atoms with Crippen molar-refractivity contribution in [2.45, 2.75) is 12.5 Å². The van der Waals surface area contributed by atoms with Crippen LogP contribution < -0.4 is 5.32 Å². The monoisotopic (exact) mass is 195 g/mol. The molecule has 0 unspecified atom stereocenters. The zero-order valence-corrected chi connectivity index (χ0v) is 7.86. The van der Waals surface area contributed by atoms with Gasteiger partial charge in [-0.05, 0) is 13.0 Å². The molecule has 0 radical (unpaired) electrons. The van der Waals surface area contributed by atoms with Gasteiger partial charge in [-0.15, -0.1) is 12.4 Å². The summed E-state index contributed by atoms with van der Waals surface area (Å²) in [6.07, 6.45) is 0.538. The van der Waals surface area contributed by atoms with Crippen molar-refractivity contribution in [1.29, 1.82) is 0 Å². The molecule has 12 heavy (non-hydrogen) atoms. The minimum Gasteiger partial charge on any atom is -0.467 e. The average Bonchev–Trinajstić information content (AvgIpc) is 2.30. The van der Waals surface area contributed by atoms with Crippen LogP contribution in [0.5, 0.6) is 0 Å². The Kier molecular flexibility index (Phi) is 6.06. The molecule has 1 N–H and O–H groups in total. The number of carbonyl (C=O) groups is 1. The molecule has 0 aromatic carbocycles. The van der Waals surface area contributed by atoms with E-state index in [1.165, 1.54) is 7.11 Å². The molecule has 0 spiro atoms. The summed E-state index contributed by atoms with van der Waals surface area (Å²) < 4.78 is 9.76. The van der Waals surface area contributed by atoms with Gasteiger partial charge < -0.3 is 14.8 Å². The van der Waals surface area contributed by atoms with Crippen molar-refractivity contribution >= 4 is 18.4 Å². The predicted octanol–water partition coefficient (Wildman–Crippen LogP) is -0.0403. The van der Waals surface area contributed by atoms with Gasteiger partial charge in [-0.2, -0.15) is 0 Å². The lowest BCUT2D eigenvalue weighted by atomic mass is 10.3. The second kappa shape index (κ2) is 6.22. The highest BCUT2D eigenvalue weighted by Crippen LogP contribution is 1.98. The summed E-state index contributed by atoms with van der Waals surface area (Å²) in [6.45, 7) is 2.10. The Morgan fingerprint density at radius 3 is 3.08 bits per heavy atom. The summed E-state index contributed by atoms with van der Waals surface area (Å²) in [6, 6.07) is 0. The maximum atomic E-state index is 10.9. The third kappa shape index (κ3) is 3.38. The number of ether oxygens (including phenoxy) is 2. The van der Waals surface area contributed by atoms with Crippen LogP contribution in [-0.2, 0) is 14.3 Å². The molecule has 5 heteroatoms. The zero-order chi connectivity index (χ0) is 8.10. The Bertz CT molecular complexity index is 135. The number of hydrogen-bond donors (Lipinski definition) is 1. The number of methoxy groups -OCH3 is 1. The van der Waals surface area contributed by atoms with Crippen LogP contribution in [0, 0.1) is 0 Å². The van der Waals surface area contributed by atoms with Crippen LogP contribution in [0.3, 0.4) is 0 Å². The smallest absolute Gasteiger partial charge is 0.336 e. The number of rotatable bonds is 1. The Balaban J connectivity index is 0.00000121. The Morgan fingerprint density at radius 1 is 1.67 bits per heavy atom. The van der Waals surface area contributed by atoms with Crippen molar-refractivity contribution in [3.8, 4) is 0 Å². The lowest BCUT2D eigenvalue weighted by Crippen LogP contribution is -2.34. The SMILES string of the molecule is COC(=O)[C@@H]1CNCCCO1.Cl. The number of hydrogen-bond acceptors (Lipinski definition) is 4. The standard InChI is InChI=1S/C7H13NO3.ClH/c1-10-7(9)6-5-8-3-2-4-11-6;/h6,8H,2-5H2,1H3;1H/t6-;/m0./s1. The van der Waals surface area contributed by atoms with E-state index in [4.69, 9.17) is 4.74 Å². The third-order valence-electron chi connectivity index (χ3n) is 1.61. The van der Waals surface area contributed by atoms with E-state index < -0.39 is 6.10 Å². The fourth-order valence-corrected chi connectivity index (χ4v) is 0.998. The highest BCUT2D eigenvalue weighted by Gasteiger charge is 2.20. The van der Waals surface area contributed by atoms with Crippen molar-refractivity contribution in [3.05, 3.63) is 0 Å². The summed E-state index contributed by atoms with van der Waals surface area (Å²) in [5.74, 6) is -0.292. The molecule has 1 heterocycles. The molecule has 4 nitrogen and oxygen atoms in total. The molecule has 1 saturated heterocycles. The van der Waals surface area contributed by atoms with Crippen LogP contribution in [0.1, 0.15) is 6.42 Å². The lowest BCUT2D eigenvalue weighted by Gasteiger charge is -2.11. The molecule has 1 aliphatic rings. The molecule has 1 aliphatic heterocycles. The molecular formula is C7H14ClNO3. The van der Waals surface area contributed by atoms with E-state index in [9.17, 15) is 4.79 Å². The van der Waals surface area contributed by atoms with Crippen molar-refractivity contribution in [2.24, 2.45) is 0 Å². The van der Waals surface area contributed by atoms with Gasteiger partial charge in [0.05, 0.1) is 7.11 Å². The van der Waals surface area contributed by atoms with Gasteiger partial charge in [-0.25, -0.2) is 4.79 Å². The van der Waals surface area contributed by atoms with Crippen molar-refractivity contribution in [1.82, 2.24) is 5.32 Å². The highest BCUT2D eigenvalue weighted by molar-refractivity contribution is 5.85. The molecule has 0 aliphatic carbocycles. The van der Waals surface area contributed by atoms with Crippen molar-refractivity contribution < 1.29 is 14.3 Å². The maximum Gasteiger partial charge on any atom is 0.336 e. The van der Waals surface area contributed by atoms with E-state index >= 15 is 0 Å². The first-order valence-electron chi connectivity index (χ1n) is 3.74. The third-order valence-corrected chi connectivity index (χ3v) is 1.61. The Hall–Kier alpha value is -0.320. The number of halogens is 1. The van der Waals surface area contributed by atoms with Crippen LogP contribution in [0.2, 0.25) is 0 Å². The second-order valence-electron chi connectivity index (χ2n) is 2.44. The van der Waals surface area contributed by atoms with Gasteiger partial charge in [-0.1, -0.05) is 0 Å². The van der Waals surface area contributed by atoms with E-state index in [0.717, 1.165) is 13.0 Å². The number of esters is 1. The van der Waals surface area contributed by atoms with E-state index in [2.05, 4.69) is 10.1 Å².